The number of rotatable bonds is 5. The molecule has 0 saturated carbocycles. The first-order valence-corrected chi connectivity index (χ1v) is 8.83. The SMILES string of the molecule is O=C1OC(c2ccc(F)cc2)=N/C1=C/c1ccccc1OCc1ccc(F)cc1. The van der Waals surface area contributed by atoms with Crippen LogP contribution in [0.5, 0.6) is 5.75 Å². The average molecular weight is 391 g/mol. The normalized spacial score (nSPS) is 14.6. The van der Waals surface area contributed by atoms with Gasteiger partial charge in [0.25, 0.3) is 0 Å². The zero-order valence-electron chi connectivity index (χ0n) is 15.1. The van der Waals surface area contributed by atoms with Crippen molar-refractivity contribution in [2.45, 2.75) is 6.61 Å². The Balaban J connectivity index is 1.56. The summed E-state index contributed by atoms with van der Waals surface area (Å²) in [6.45, 7) is 0.245. The largest absolute Gasteiger partial charge is 0.488 e. The van der Waals surface area contributed by atoms with Gasteiger partial charge in [-0.05, 0) is 54.1 Å². The van der Waals surface area contributed by atoms with Crippen molar-refractivity contribution in [3.63, 3.8) is 0 Å². The highest BCUT2D eigenvalue weighted by Gasteiger charge is 2.24. The summed E-state index contributed by atoms with van der Waals surface area (Å²) in [6.07, 6.45) is 1.57. The van der Waals surface area contributed by atoms with Crippen LogP contribution in [0.3, 0.4) is 0 Å². The Labute approximate surface area is 165 Å². The molecule has 4 nitrogen and oxygen atoms in total. The van der Waals surface area contributed by atoms with Crippen molar-refractivity contribution >= 4 is 17.9 Å². The Hall–Kier alpha value is -3.80. The number of halogens is 2. The minimum Gasteiger partial charge on any atom is -0.488 e. The number of ether oxygens (including phenoxy) is 2. The average Bonchev–Trinajstić information content (AvgIpc) is 3.09. The predicted molar refractivity (Wildman–Crippen MR) is 104 cm³/mol. The first kappa shape index (κ1) is 18.6. The Bertz CT molecular complexity index is 1100. The van der Waals surface area contributed by atoms with Gasteiger partial charge in [-0.25, -0.2) is 18.6 Å². The van der Waals surface area contributed by atoms with Crippen molar-refractivity contribution in [2.75, 3.05) is 0 Å². The van der Waals surface area contributed by atoms with Gasteiger partial charge in [0, 0.05) is 11.1 Å². The van der Waals surface area contributed by atoms with Crippen LogP contribution in [0.15, 0.2) is 83.5 Å². The Kier molecular flexibility index (Phi) is 5.16. The van der Waals surface area contributed by atoms with E-state index in [0.717, 1.165) is 5.56 Å². The number of esters is 1. The molecule has 0 unspecified atom stereocenters. The fraction of sp³-hybridized carbons (Fsp3) is 0.0435. The van der Waals surface area contributed by atoms with E-state index in [9.17, 15) is 13.6 Å². The number of hydrogen-bond donors (Lipinski definition) is 0. The first-order chi connectivity index (χ1) is 14.1. The predicted octanol–water partition coefficient (Wildman–Crippen LogP) is 4.89. The van der Waals surface area contributed by atoms with E-state index < -0.39 is 5.97 Å². The molecule has 1 aliphatic heterocycles. The van der Waals surface area contributed by atoms with E-state index in [1.165, 1.54) is 36.4 Å². The van der Waals surface area contributed by atoms with Crippen LogP contribution in [0.25, 0.3) is 6.08 Å². The molecule has 4 rings (SSSR count). The molecule has 0 aromatic heterocycles. The van der Waals surface area contributed by atoms with Gasteiger partial charge >= 0.3 is 5.97 Å². The maximum Gasteiger partial charge on any atom is 0.363 e. The minimum atomic E-state index is -0.599. The van der Waals surface area contributed by atoms with Crippen LogP contribution in [-0.2, 0) is 16.1 Å². The molecule has 1 aliphatic rings. The Morgan fingerprint density at radius 1 is 0.897 bits per heavy atom. The molecule has 0 fully saturated rings. The molecule has 0 aliphatic carbocycles. The Morgan fingerprint density at radius 2 is 1.55 bits per heavy atom. The number of aliphatic imine (C=N–C) groups is 1. The van der Waals surface area contributed by atoms with Crippen LogP contribution in [0.2, 0.25) is 0 Å². The maximum absolute atomic E-state index is 13.1. The molecule has 0 atom stereocenters. The van der Waals surface area contributed by atoms with Crippen LogP contribution in [0.1, 0.15) is 16.7 Å². The lowest BCUT2D eigenvalue weighted by atomic mass is 10.1. The molecule has 3 aromatic carbocycles. The Morgan fingerprint density at radius 3 is 2.28 bits per heavy atom. The molecular weight excluding hydrogens is 376 g/mol. The number of hydrogen-bond acceptors (Lipinski definition) is 4. The third kappa shape index (κ3) is 4.38. The molecule has 6 heteroatoms. The number of benzene rings is 3. The van der Waals surface area contributed by atoms with Gasteiger partial charge in [-0.2, -0.15) is 0 Å². The molecule has 0 bridgehead atoms. The molecular formula is C23H15F2NO3. The van der Waals surface area contributed by atoms with Gasteiger partial charge in [-0.15, -0.1) is 0 Å². The summed E-state index contributed by atoms with van der Waals surface area (Å²) in [5.74, 6) is -0.638. The number of carbonyl (C=O) groups excluding carboxylic acids is 1. The lowest BCUT2D eigenvalue weighted by Gasteiger charge is -2.09. The van der Waals surface area contributed by atoms with Crippen molar-refractivity contribution in [3.8, 4) is 5.75 Å². The summed E-state index contributed by atoms with van der Waals surface area (Å²) >= 11 is 0. The molecule has 0 radical (unpaired) electrons. The van der Waals surface area contributed by atoms with Gasteiger partial charge in [0.2, 0.25) is 5.90 Å². The van der Waals surface area contributed by atoms with Crippen LogP contribution in [0, 0.1) is 11.6 Å². The summed E-state index contributed by atoms with van der Waals surface area (Å²) in [4.78, 5) is 16.4. The molecule has 144 valence electrons. The number of cyclic esters (lactones) is 1. The number of nitrogens with zero attached hydrogens (tertiary/aromatic N) is 1. The molecule has 0 spiro atoms. The highest BCUT2D eigenvalue weighted by molar-refractivity contribution is 6.12. The maximum atomic E-state index is 13.1. The van der Waals surface area contributed by atoms with E-state index in [4.69, 9.17) is 9.47 Å². The lowest BCUT2D eigenvalue weighted by Crippen LogP contribution is -2.05. The highest BCUT2D eigenvalue weighted by Crippen LogP contribution is 2.25. The smallest absolute Gasteiger partial charge is 0.363 e. The molecule has 29 heavy (non-hydrogen) atoms. The summed E-state index contributed by atoms with van der Waals surface area (Å²) in [7, 11) is 0. The molecule has 3 aromatic rings. The molecule has 0 N–H and O–H groups in total. The van der Waals surface area contributed by atoms with Gasteiger partial charge in [0.15, 0.2) is 5.70 Å². The van der Waals surface area contributed by atoms with Crippen LogP contribution < -0.4 is 4.74 Å². The number of para-hydroxylation sites is 1. The quantitative estimate of drug-likeness (QED) is 0.460. The molecule has 0 amide bonds. The van der Waals surface area contributed by atoms with E-state index in [-0.39, 0.29) is 29.8 Å². The van der Waals surface area contributed by atoms with Crippen molar-refractivity contribution in [3.05, 3.63) is 107 Å². The second-order valence-electron chi connectivity index (χ2n) is 6.30. The monoisotopic (exact) mass is 391 g/mol. The topological polar surface area (TPSA) is 47.9 Å². The standard InChI is InChI=1S/C23H15F2NO3/c24-18-9-5-15(6-10-18)14-28-21-4-2-1-3-17(21)13-20-23(27)29-22(26-20)16-7-11-19(25)12-8-16/h1-13H,14H2/b20-13+. The minimum absolute atomic E-state index is 0.113. The number of carbonyl (C=O) groups is 1. The second kappa shape index (κ2) is 8.06. The molecule has 0 saturated heterocycles. The lowest BCUT2D eigenvalue weighted by molar-refractivity contribution is -0.129. The van der Waals surface area contributed by atoms with Crippen LogP contribution in [-0.4, -0.2) is 11.9 Å². The van der Waals surface area contributed by atoms with Gasteiger partial charge in [-0.1, -0.05) is 30.3 Å². The third-order valence-electron chi connectivity index (χ3n) is 4.23. The first-order valence-electron chi connectivity index (χ1n) is 8.83. The van der Waals surface area contributed by atoms with E-state index >= 15 is 0 Å². The summed E-state index contributed by atoms with van der Waals surface area (Å²) in [5.41, 5.74) is 2.07. The third-order valence-corrected chi connectivity index (χ3v) is 4.23. The van der Waals surface area contributed by atoms with Gasteiger partial charge < -0.3 is 9.47 Å². The van der Waals surface area contributed by atoms with Crippen LogP contribution in [0.4, 0.5) is 8.78 Å². The second-order valence-corrected chi connectivity index (χ2v) is 6.30. The van der Waals surface area contributed by atoms with Crippen molar-refractivity contribution in [1.82, 2.24) is 0 Å². The fourth-order valence-electron chi connectivity index (χ4n) is 2.75. The van der Waals surface area contributed by atoms with Gasteiger partial charge in [0.1, 0.15) is 24.0 Å². The van der Waals surface area contributed by atoms with Gasteiger partial charge in [0.05, 0.1) is 0 Å². The van der Waals surface area contributed by atoms with Crippen molar-refractivity contribution < 1.29 is 23.0 Å². The summed E-state index contributed by atoms with van der Waals surface area (Å²) in [6, 6.07) is 18.7. The molecule has 1 heterocycles. The zero-order valence-corrected chi connectivity index (χ0v) is 15.1. The van der Waals surface area contributed by atoms with E-state index in [1.54, 1.807) is 30.3 Å². The highest BCUT2D eigenvalue weighted by atomic mass is 19.1. The van der Waals surface area contributed by atoms with Crippen molar-refractivity contribution in [2.24, 2.45) is 4.99 Å². The summed E-state index contributed by atoms with van der Waals surface area (Å²) in [5, 5.41) is 0. The van der Waals surface area contributed by atoms with Crippen molar-refractivity contribution in [1.29, 1.82) is 0 Å². The fourth-order valence-corrected chi connectivity index (χ4v) is 2.75. The van der Waals surface area contributed by atoms with E-state index in [2.05, 4.69) is 4.99 Å². The summed E-state index contributed by atoms with van der Waals surface area (Å²) < 4.78 is 37.1. The van der Waals surface area contributed by atoms with E-state index in [1.807, 2.05) is 12.1 Å². The van der Waals surface area contributed by atoms with Crippen LogP contribution >= 0.6 is 0 Å². The zero-order chi connectivity index (χ0) is 20.2. The van der Waals surface area contributed by atoms with E-state index in [0.29, 0.717) is 16.9 Å². The van der Waals surface area contributed by atoms with Gasteiger partial charge in [-0.3, -0.25) is 0 Å².